The van der Waals surface area contributed by atoms with Crippen LogP contribution < -0.4 is 0 Å². The van der Waals surface area contributed by atoms with Crippen LogP contribution in [-0.4, -0.2) is 76.7 Å². The smallest absolute Gasteiger partial charge is 0.330 e. The average molecular weight is 485 g/mol. The van der Waals surface area contributed by atoms with E-state index in [9.17, 15) is 19.2 Å². The van der Waals surface area contributed by atoms with Gasteiger partial charge in [0.25, 0.3) is 0 Å². The van der Waals surface area contributed by atoms with Gasteiger partial charge in [-0.25, -0.2) is 19.2 Å². The maximum atomic E-state index is 10.6. The second-order valence-electron chi connectivity index (χ2n) is 6.13. The van der Waals surface area contributed by atoms with Crippen molar-refractivity contribution in [3.63, 3.8) is 0 Å². The number of hydrogen-bond donors (Lipinski definition) is 0. The molecule has 0 bridgehead atoms. The summed E-state index contributed by atoms with van der Waals surface area (Å²) >= 11 is 0. The lowest BCUT2D eigenvalue weighted by molar-refractivity contribution is -0.141. The molecule has 0 aromatic carbocycles. The van der Waals surface area contributed by atoms with Crippen LogP contribution in [0.2, 0.25) is 0 Å². The monoisotopic (exact) mass is 484 g/mol. The normalized spacial score (nSPS) is 9.41. The summed E-state index contributed by atoms with van der Waals surface area (Å²) in [7, 11) is 0. The minimum absolute atomic E-state index is 0.182. The van der Waals surface area contributed by atoms with Crippen LogP contribution in [0.1, 0.15) is 25.7 Å². The number of esters is 4. The minimum Gasteiger partial charge on any atom is -0.463 e. The van der Waals surface area contributed by atoms with E-state index in [1.807, 2.05) is 0 Å². The fraction of sp³-hybridized carbons (Fsp3) is 0.500. The van der Waals surface area contributed by atoms with Gasteiger partial charge in [0.15, 0.2) is 0 Å². The van der Waals surface area contributed by atoms with Crippen molar-refractivity contribution in [3.05, 3.63) is 50.6 Å². The molecular weight excluding hydrogens is 448 g/mol. The van der Waals surface area contributed by atoms with Gasteiger partial charge in [-0.05, 0) is 25.7 Å². The average Bonchev–Trinajstić information content (AvgIpc) is 2.86. The first-order chi connectivity index (χ1) is 16.4. The highest BCUT2D eigenvalue weighted by molar-refractivity contribution is 5.82. The third-order valence-electron chi connectivity index (χ3n) is 3.51. The first-order valence-corrected chi connectivity index (χ1v) is 10.7. The molecular formula is C24H36O10. The number of carbonyl (C=O) groups is 4. The number of hydrogen-bond acceptors (Lipinski definition) is 10. The van der Waals surface area contributed by atoms with Crippen LogP contribution in [-0.2, 0) is 47.6 Å². The third kappa shape index (κ3) is 26.8. The van der Waals surface area contributed by atoms with Gasteiger partial charge >= 0.3 is 23.9 Å². The molecule has 192 valence electrons. The van der Waals surface area contributed by atoms with Crippen LogP contribution >= 0.6 is 0 Å². The van der Waals surface area contributed by atoms with Crippen molar-refractivity contribution in [1.82, 2.24) is 0 Å². The largest absolute Gasteiger partial charge is 0.463 e. The Bertz CT molecular complexity index is 573. The highest BCUT2D eigenvalue weighted by atomic mass is 16.6. The summed E-state index contributed by atoms with van der Waals surface area (Å²) in [6, 6.07) is 0. The van der Waals surface area contributed by atoms with E-state index in [0.29, 0.717) is 39.6 Å². The molecule has 0 aliphatic heterocycles. The van der Waals surface area contributed by atoms with E-state index < -0.39 is 11.9 Å². The Labute approximate surface area is 201 Å². The quantitative estimate of drug-likeness (QED) is 0.110. The van der Waals surface area contributed by atoms with Crippen LogP contribution in [0.15, 0.2) is 50.6 Å². The van der Waals surface area contributed by atoms with E-state index >= 15 is 0 Å². The number of unbranched alkanes of at least 4 members (excludes halogenated alkanes) is 3. The van der Waals surface area contributed by atoms with Gasteiger partial charge in [0.2, 0.25) is 0 Å². The summed E-state index contributed by atoms with van der Waals surface area (Å²) in [5.74, 6) is -1.72. The molecule has 0 fully saturated rings. The van der Waals surface area contributed by atoms with Crippen molar-refractivity contribution in [2.75, 3.05) is 52.9 Å². The van der Waals surface area contributed by atoms with Crippen LogP contribution in [0.25, 0.3) is 0 Å². The molecule has 0 N–H and O–H groups in total. The molecule has 0 unspecified atom stereocenters. The van der Waals surface area contributed by atoms with Crippen molar-refractivity contribution in [1.29, 1.82) is 0 Å². The predicted molar refractivity (Wildman–Crippen MR) is 125 cm³/mol. The SMILES string of the molecule is C=CC(=O)OCCCCCCOC(=O)C=C.C=CC(=O)OCCOCCOCCOC(=O)C=C. The lowest BCUT2D eigenvalue weighted by atomic mass is 10.2. The Hall–Kier alpha value is -3.24. The Balaban J connectivity index is 0. The summed E-state index contributed by atoms with van der Waals surface area (Å²) in [6.45, 7) is 15.6. The van der Waals surface area contributed by atoms with Gasteiger partial charge in [0, 0.05) is 24.3 Å². The molecule has 0 aliphatic rings. The molecule has 0 amide bonds. The number of ether oxygens (including phenoxy) is 6. The van der Waals surface area contributed by atoms with Gasteiger partial charge in [0.05, 0.1) is 39.6 Å². The molecule has 0 aromatic rings. The number of rotatable bonds is 20. The zero-order valence-corrected chi connectivity index (χ0v) is 19.7. The Morgan fingerprint density at radius 3 is 0.971 bits per heavy atom. The lowest BCUT2D eigenvalue weighted by Gasteiger charge is -2.06. The Morgan fingerprint density at radius 2 is 0.676 bits per heavy atom. The standard InChI is InChI=1S/C12H18O6.C12H18O4/c1-3-11(13)17-9-7-15-5-6-16-8-10-18-12(14)4-2;1-3-11(13)15-9-7-5-6-8-10-16-12(14)4-2/h3-4H,1-2,5-10H2;3-4H,1-2,5-10H2. The lowest BCUT2D eigenvalue weighted by Crippen LogP contribution is -2.13. The third-order valence-corrected chi connectivity index (χ3v) is 3.51. The maximum absolute atomic E-state index is 10.6. The summed E-state index contributed by atoms with van der Waals surface area (Å²) < 4.78 is 29.2. The Morgan fingerprint density at radius 1 is 0.412 bits per heavy atom. The van der Waals surface area contributed by atoms with E-state index in [4.69, 9.17) is 18.9 Å². The van der Waals surface area contributed by atoms with Gasteiger partial charge in [-0.3, -0.25) is 0 Å². The highest BCUT2D eigenvalue weighted by Crippen LogP contribution is 2.01. The zero-order chi connectivity index (χ0) is 25.9. The van der Waals surface area contributed by atoms with Crippen LogP contribution in [0, 0.1) is 0 Å². The van der Waals surface area contributed by atoms with Crippen molar-refractivity contribution in [2.45, 2.75) is 25.7 Å². The van der Waals surface area contributed by atoms with Crippen LogP contribution in [0.3, 0.4) is 0 Å². The second kappa shape index (κ2) is 26.0. The van der Waals surface area contributed by atoms with Crippen molar-refractivity contribution in [3.8, 4) is 0 Å². The van der Waals surface area contributed by atoms with Gasteiger partial charge in [-0.1, -0.05) is 26.3 Å². The molecule has 0 aromatic heterocycles. The van der Waals surface area contributed by atoms with Gasteiger partial charge in [0.1, 0.15) is 13.2 Å². The van der Waals surface area contributed by atoms with Gasteiger partial charge < -0.3 is 28.4 Å². The molecule has 0 spiro atoms. The van der Waals surface area contributed by atoms with Crippen molar-refractivity contribution >= 4 is 23.9 Å². The maximum Gasteiger partial charge on any atom is 0.330 e. The molecule has 10 heteroatoms. The van der Waals surface area contributed by atoms with E-state index in [1.165, 1.54) is 0 Å². The molecule has 0 atom stereocenters. The second-order valence-corrected chi connectivity index (χ2v) is 6.13. The molecule has 0 saturated heterocycles. The molecule has 0 aliphatic carbocycles. The van der Waals surface area contributed by atoms with Gasteiger partial charge in [-0.2, -0.15) is 0 Å². The summed E-state index contributed by atoms with van der Waals surface area (Å²) in [5.41, 5.74) is 0. The Kier molecular flexibility index (Phi) is 25.2. The highest BCUT2D eigenvalue weighted by Gasteiger charge is 1.98. The predicted octanol–water partition coefficient (Wildman–Crippen LogP) is 2.48. The van der Waals surface area contributed by atoms with Gasteiger partial charge in [-0.15, -0.1) is 0 Å². The molecule has 34 heavy (non-hydrogen) atoms. The van der Waals surface area contributed by atoms with E-state index in [2.05, 4.69) is 35.8 Å². The fourth-order valence-corrected chi connectivity index (χ4v) is 1.86. The molecule has 0 saturated carbocycles. The molecule has 10 nitrogen and oxygen atoms in total. The first-order valence-electron chi connectivity index (χ1n) is 10.7. The first kappa shape index (κ1) is 32.9. The molecule has 0 rings (SSSR count). The van der Waals surface area contributed by atoms with E-state index in [-0.39, 0.29) is 25.2 Å². The van der Waals surface area contributed by atoms with Crippen LogP contribution in [0.5, 0.6) is 0 Å². The summed E-state index contributed by atoms with van der Waals surface area (Å²) in [5, 5.41) is 0. The van der Waals surface area contributed by atoms with Crippen molar-refractivity contribution in [2.24, 2.45) is 0 Å². The fourth-order valence-electron chi connectivity index (χ4n) is 1.86. The minimum atomic E-state index is -0.473. The van der Waals surface area contributed by atoms with E-state index in [0.717, 1.165) is 50.0 Å². The summed E-state index contributed by atoms with van der Waals surface area (Å²) in [6.07, 6.45) is 7.99. The van der Waals surface area contributed by atoms with E-state index in [1.54, 1.807) is 0 Å². The number of carbonyl (C=O) groups excluding carboxylic acids is 4. The topological polar surface area (TPSA) is 124 Å². The van der Waals surface area contributed by atoms with Crippen LogP contribution in [0.4, 0.5) is 0 Å². The summed E-state index contributed by atoms with van der Waals surface area (Å²) in [4.78, 5) is 42.6. The zero-order valence-electron chi connectivity index (χ0n) is 19.7. The molecule has 0 radical (unpaired) electrons. The van der Waals surface area contributed by atoms with Crippen molar-refractivity contribution < 1.29 is 47.6 Å². The molecule has 0 heterocycles.